The Morgan fingerprint density at radius 1 is 0.759 bits per heavy atom. The van der Waals surface area contributed by atoms with Gasteiger partial charge in [0, 0.05) is 19.3 Å². The molecule has 12 nitrogen and oxygen atoms in total. The van der Waals surface area contributed by atoms with Gasteiger partial charge in [-0.05, 0) is 75.9 Å². The van der Waals surface area contributed by atoms with E-state index in [4.69, 9.17) is 28.4 Å². The Hall–Kier alpha value is -5.10. The third-order valence-electron chi connectivity index (χ3n) is 11.5. The number of esters is 5. The van der Waals surface area contributed by atoms with Crippen LogP contribution in [-0.2, 0) is 38.0 Å². The van der Waals surface area contributed by atoms with Gasteiger partial charge in [-0.1, -0.05) is 57.2 Å². The van der Waals surface area contributed by atoms with Crippen LogP contribution < -0.4 is 0 Å². The molecule has 286 valence electrons. The minimum atomic E-state index is -1.71. The maximum Gasteiger partial charge on any atom is 0.340 e. The molecule has 2 aliphatic carbocycles. The first-order valence-electron chi connectivity index (χ1n) is 18.4. The highest BCUT2D eigenvalue weighted by molar-refractivity contribution is 5.91. The van der Waals surface area contributed by atoms with Crippen LogP contribution in [0.15, 0.2) is 85.2 Å². The quantitative estimate of drug-likeness (QED) is 0.172. The smallest absolute Gasteiger partial charge is 0.340 e. The van der Waals surface area contributed by atoms with Crippen LogP contribution in [0.3, 0.4) is 0 Å². The number of aromatic nitrogens is 1. The van der Waals surface area contributed by atoms with Crippen molar-refractivity contribution in [3.05, 3.63) is 102 Å². The monoisotopic (exact) mass is 741 g/mol. The molecule has 2 bridgehead atoms. The summed E-state index contributed by atoms with van der Waals surface area (Å²) in [6.45, 7) is 12.0. The van der Waals surface area contributed by atoms with Gasteiger partial charge in [-0.3, -0.25) is 14.6 Å². The number of carbonyl (C=O) groups excluding carboxylic acids is 5. The number of rotatable bonds is 10. The van der Waals surface area contributed by atoms with Crippen LogP contribution in [0.5, 0.6) is 0 Å². The van der Waals surface area contributed by atoms with Gasteiger partial charge in [0.1, 0.15) is 23.9 Å². The molecule has 1 spiro atoms. The van der Waals surface area contributed by atoms with E-state index in [-0.39, 0.29) is 23.1 Å². The number of pyridine rings is 1. The van der Waals surface area contributed by atoms with Crippen LogP contribution >= 0.6 is 0 Å². The van der Waals surface area contributed by atoms with E-state index in [1.807, 2.05) is 13.8 Å². The number of benzene rings is 2. The van der Waals surface area contributed by atoms with E-state index in [0.717, 1.165) is 0 Å². The van der Waals surface area contributed by atoms with Gasteiger partial charge in [0.25, 0.3) is 0 Å². The highest BCUT2D eigenvalue weighted by Gasteiger charge is 2.84. The van der Waals surface area contributed by atoms with Gasteiger partial charge in [0.05, 0.1) is 39.5 Å². The lowest BCUT2D eigenvalue weighted by atomic mass is 9.47. The van der Waals surface area contributed by atoms with Crippen LogP contribution in [0.4, 0.5) is 0 Å². The molecular weight excluding hydrogens is 694 g/mol. The van der Waals surface area contributed by atoms with Crippen molar-refractivity contribution >= 4 is 29.8 Å². The third kappa shape index (κ3) is 6.65. The van der Waals surface area contributed by atoms with Crippen molar-refractivity contribution in [3.8, 4) is 0 Å². The van der Waals surface area contributed by atoms with Crippen molar-refractivity contribution in [1.82, 2.24) is 4.98 Å². The summed E-state index contributed by atoms with van der Waals surface area (Å²) in [4.78, 5) is 73.0. The maximum absolute atomic E-state index is 14.2. The third-order valence-corrected chi connectivity index (χ3v) is 11.5. The number of ether oxygens (including phenoxy) is 6. The maximum atomic E-state index is 14.2. The lowest BCUT2D eigenvalue weighted by Gasteiger charge is -2.63. The zero-order chi connectivity index (χ0) is 39.0. The van der Waals surface area contributed by atoms with Gasteiger partial charge in [-0.2, -0.15) is 0 Å². The van der Waals surface area contributed by atoms with Crippen molar-refractivity contribution in [2.45, 2.75) is 103 Å². The van der Waals surface area contributed by atoms with E-state index < -0.39 is 94.7 Å². The van der Waals surface area contributed by atoms with Crippen LogP contribution in [0.1, 0.15) is 92.4 Å². The Morgan fingerprint density at radius 3 is 1.87 bits per heavy atom. The van der Waals surface area contributed by atoms with Crippen molar-refractivity contribution in [3.63, 3.8) is 0 Å². The molecular formula is C42H47NO11. The molecule has 2 heterocycles. The topological polar surface area (TPSA) is 154 Å². The molecule has 3 aromatic rings. The molecule has 12 heteroatoms. The first kappa shape index (κ1) is 38.6. The molecule has 0 radical (unpaired) electrons. The second-order valence-corrected chi connectivity index (χ2v) is 15.3. The van der Waals surface area contributed by atoms with Crippen molar-refractivity contribution < 1.29 is 52.4 Å². The molecule has 1 aliphatic heterocycles. The lowest BCUT2D eigenvalue weighted by Crippen LogP contribution is -2.79. The summed E-state index contributed by atoms with van der Waals surface area (Å²) < 4.78 is 39.0. The molecule has 0 N–H and O–H groups in total. The van der Waals surface area contributed by atoms with Gasteiger partial charge in [0.15, 0.2) is 12.2 Å². The van der Waals surface area contributed by atoms with Gasteiger partial charge in [0.2, 0.25) is 0 Å². The minimum Gasteiger partial charge on any atom is -0.459 e. The zero-order valence-electron chi connectivity index (χ0n) is 31.6. The molecule has 6 rings (SSSR count). The second kappa shape index (κ2) is 15.0. The number of nitrogens with zero attached hydrogens (tertiary/aromatic N) is 1. The predicted octanol–water partition coefficient (Wildman–Crippen LogP) is 6.17. The van der Waals surface area contributed by atoms with E-state index >= 15 is 0 Å². The summed E-state index contributed by atoms with van der Waals surface area (Å²) in [6.07, 6.45) is -2.91. The molecule has 1 saturated heterocycles. The summed E-state index contributed by atoms with van der Waals surface area (Å²) in [5.41, 5.74) is -3.81. The van der Waals surface area contributed by atoms with E-state index in [1.54, 1.807) is 94.4 Å². The number of hydrogen-bond acceptors (Lipinski definition) is 12. The lowest BCUT2D eigenvalue weighted by molar-refractivity contribution is -0.311. The molecule has 0 amide bonds. The highest BCUT2D eigenvalue weighted by atomic mass is 16.6. The summed E-state index contributed by atoms with van der Waals surface area (Å²) in [5, 5.41) is 0. The SMILES string of the molecule is CCC(C)C(=O)O[C@@H]1[C@@H]2[C@@H](OC(C)=O)[C@]3(OC2(C)C)[C@H](C)C[C@H](OC(=O)c2ccccc2)[C@H](OC(=O)c2cccnc2)[C@@]3(C)[C@@H]1OC(=O)c1ccccc1. The van der Waals surface area contributed by atoms with Gasteiger partial charge >= 0.3 is 29.8 Å². The van der Waals surface area contributed by atoms with Crippen LogP contribution in [0, 0.1) is 23.2 Å². The second-order valence-electron chi connectivity index (χ2n) is 15.3. The summed E-state index contributed by atoms with van der Waals surface area (Å²) in [5.74, 6) is -5.37. The highest BCUT2D eigenvalue weighted by Crippen LogP contribution is 2.68. The molecule has 1 unspecified atom stereocenters. The standard InChI is InChI=1S/C42H47NO11/c1-8-24(2)36(45)51-32-31-34(49-26(4)44)42(54-40(31,5)6)25(3)22-30(50-37(46)27-16-11-9-12-17-27)33(52-39(48)29-20-15-21-43-23-29)41(42,7)35(32)53-38(47)28-18-13-10-14-19-28/h9-21,23-25,30-35H,8,22H2,1-7H3/t24?,25-,30+,31-,32-,33+,34-,35-,41+,42-/m1/s1. The molecule has 3 aliphatic rings. The van der Waals surface area contributed by atoms with E-state index in [2.05, 4.69) is 4.98 Å². The minimum absolute atomic E-state index is 0.0936. The Morgan fingerprint density at radius 2 is 1.31 bits per heavy atom. The Labute approximate surface area is 314 Å². The fourth-order valence-corrected chi connectivity index (χ4v) is 8.85. The Balaban J connectivity index is 1.60. The van der Waals surface area contributed by atoms with Crippen molar-refractivity contribution in [1.29, 1.82) is 0 Å². The predicted molar refractivity (Wildman–Crippen MR) is 193 cm³/mol. The van der Waals surface area contributed by atoms with Gasteiger partial charge in [-0.15, -0.1) is 0 Å². The Bertz CT molecular complexity index is 1870. The molecule has 2 aromatic carbocycles. The molecule has 10 atom stereocenters. The fraction of sp³-hybridized carbons (Fsp3) is 0.476. The number of fused-ring (bicyclic) bond motifs is 1. The van der Waals surface area contributed by atoms with Gasteiger partial charge in [-0.25, -0.2) is 14.4 Å². The van der Waals surface area contributed by atoms with Crippen LogP contribution in [0.25, 0.3) is 0 Å². The fourth-order valence-electron chi connectivity index (χ4n) is 8.85. The van der Waals surface area contributed by atoms with Crippen molar-refractivity contribution in [2.24, 2.45) is 23.2 Å². The zero-order valence-corrected chi connectivity index (χ0v) is 31.6. The first-order valence-corrected chi connectivity index (χ1v) is 18.4. The summed E-state index contributed by atoms with van der Waals surface area (Å²) in [6, 6.07) is 19.8. The molecule has 1 aromatic heterocycles. The van der Waals surface area contributed by atoms with E-state index in [9.17, 15) is 24.0 Å². The van der Waals surface area contributed by atoms with E-state index in [0.29, 0.717) is 6.42 Å². The Kier molecular flexibility index (Phi) is 10.7. The van der Waals surface area contributed by atoms with Crippen LogP contribution in [-0.4, -0.2) is 76.6 Å². The van der Waals surface area contributed by atoms with E-state index in [1.165, 1.54) is 25.4 Å². The average molecular weight is 742 g/mol. The molecule has 3 fully saturated rings. The molecule has 54 heavy (non-hydrogen) atoms. The number of hydrogen-bond donors (Lipinski definition) is 0. The first-order chi connectivity index (χ1) is 25.6. The summed E-state index contributed by atoms with van der Waals surface area (Å²) in [7, 11) is 0. The van der Waals surface area contributed by atoms with Gasteiger partial charge < -0.3 is 28.4 Å². The summed E-state index contributed by atoms with van der Waals surface area (Å²) >= 11 is 0. The number of carbonyl (C=O) groups is 5. The normalized spacial score (nSPS) is 31.2. The van der Waals surface area contributed by atoms with Crippen molar-refractivity contribution in [2.75, 3.05) is 0 Å². The molecule has 2 saturated carbocycles. The van der Waals surface area contributed by atoms with Crippen LogP contribution in [0.2, 0.25) is 0 Å². The average Bonchev–Trinajstić information content (AvgIpc) is 3.36. The largest absolute Gasteiger partial charge is 0.459 e.